The third kappa shape index (κ3) is 3.87. The minimum atomic E-state index is -0.840. The SMILES string of the molecule is CCC[C@H](C(=O)O)[C@H](Cc1ccc(-c2cccc3c2CCC3=O)cc1)c1nn[nH]n1. The van der Waals surface area contributed by atoms with Crippen LogP contribution in [0.5, 0.6) is 0 Å². The number of hydrogen-bond donors (Lipinski definition) is 2. The molecule has 0 saturated heterocycles. The maximum atomic E-state index is 12.0. The third-order valence-electron chi connectivity index (χ3n) is 5.89. The lowest BCUT2D eigenvalue weighted by molar-refractivity contribution is -0.143. The molecule has 0 fully saturated rings. The molecule has 1 heterocycles. The van der Waals surface area contributed by atoms with Crippen molar-refractivity contribution in [2.45, 2.75) is 44.9 Å². The lowest BCUT2D eigenvalue weighted by Crippen LogP contribution is -2.25. The molecule has 0 radical (unpaired) electrons. The van der Waals surface area contributed by atoms with Crippen LogP contribution in [0, 0.1) is 5.92 Å². The predicted octanol–water partition coefficient (Wildman–Crippen LogP) is 3.82. The zero-order valence-electron chi connectivity index (χ0n) is 16.8. The summed E-state index contributed by atoms with van der Waals surface area (Å²) in [5.41, 5.74) is 5.12. The molecule has 0 spiro atoms. The number of nitrogens with one attached hydrogen (secondary N) is 1. The third-order valence-corrected chi connectivity index (χ3v) is 5.89. The highest BCUT2D eigenvalue weighted by atomic mass is 16.4. The molecule has 1 aliphatic carbocycles. The molecule has 0 saturated carbocycles. The van der Waals surface area contributed by atoms with Crippen LogP contribution in [0.15, 0.2) is 42.5 Å². The summed E-state index contributed by atoms with van der Waals surface area (Å²) >= 11 is 0. The highest BCUT2D eigenvalue weighted by molar-refractivity contribution is 6.02. The van der Waals surface area contributed by atoms with Gasteiger partial charge in [-0.15, -0.1) is 10.2 Å². The first kappa shape index (κ1) is 19.9. The molecule has 0 amide bonds. The van der Waals surface area contributed by atoms with E-state index in [0.717, 1.165) is 40.7 Å². The molecular weight excluding hydrogens is 380 g/mol. The second-order valence-electron chi connectivity index (χ2n) is 7.77. The van der Waals surface area contributed by atoms with Gasteiger partial charge in [0.05, 0.1) is 5.92 Å². The monoisotopic (exact) mass is 404 g/mol. The van der Waals surface area contributed by atoms with Crippen LogP contribution < -0.4 is 0 Å². The average molecular weight is 404 g/mol. The fourth-order valence-corrected chi connectivity index (χ4v) is 4.38. The summed E-state index contributed by atoms with van der Waals surface area (Å²) in [7, 11) is 0. The second-order valence-corrected chi connectivity index (χ2v) is 7.77. The Labute approximate surface area is 174 Å². The Hall–Kier alpha value is -3.35. The van der Waals surface area contributed by atoms with E-state index >= 15 is 0 Å². The van der Waals surface area contributed by atoms with Crippen molar-refractivity contribution in [2.24, 2.45) is 5.92 Å². The molecule has 0 unspecified atom stereocenters. The van der Waals surface area contributed by atoms with Gasteiger partial charge in [0.25, 0.3) is 0 Å². The van der Waals surface area contributed by atoms with Crippen LogP contribution in [0.25, 0.3) is 11.1 Å². The summed E-state index contributed by atoms with van der Waals surface area (Å²) in [6.07, 6.45) is 3.19. The normalized spacial score (nSPS) is 15.0. The number of aromatic nitrogens is 4. The summed E-state index contributed by atoms with van der Waals surface area (Å²) in [6.45, 7) is 1.97. The predicted molar refractivity (Wildman–Crippen MR) is 111 cm³/mol. The van der Waals surface area contributed by atoms with Gasteiger partial charge in [0.1, 0.15) is 0 Å². The number of aromatic amines is 1. The van der Waals surface area contributed by atoms with E-state index in [9.17, 15) is 14.7 Å². The number of carbonyl (C=O) groups is 2. The van der Waals surface area contributed by atoms with Crippen LogP contribution in [0.4, 0.5) is 0 Å². The van der Waals surface area contributed by atoms with Gasteiger partial charge in [-0.2, -0.15) is 5.21 Å². The van der Waals surface area contributed by atoms with Gasteiger partial charge in [-0.25, -0.2) is 0 Å². The van der Waals surface area contributed by atoms with Crippen molar-refractivity contribution in [3.05, 3.63) is 65.0 Å². The molecule has 154 valence electrons. The van der Waals surface area contributed by atoms with Gasteiger partial charge >= 0.3 is 5.97 Å². The van der Waals surface area contributed by atoms with E-state index in [1.807, 2.05) is 43.3 Å². The van der Waals surface area contributed by atoms with Crippen molar-refractivity contribution < 1.29 is 14.7 Å². The van der Waals surface area contributed by atoms with E-state index in [1.165, 1.54) is 0 Å². The number of carbonyl (C=O) groups excluding carboxylic acids is 1. The molecular formula is C23H24N4O3. The number of H-pyrrole nitrogens is 1. The van der Waals surface area contributed by atoms with E-state index in [2.05, 4.69) is 26.7 Å². The van der Waals surface area contributed by atoms with Crippen LogP contribution in [0.1, 0.15) is 59.4 Å². The fourth-order valence-electron chi connectivity index (χ4n) is 4.38. The molecule has 0 aliphatic heterocycles. The fraction of sp³-hybridized carbons (Fsp3) is 0.348. The molecule has 7 nitrogen and oxygen atoms in total. The molecule has 2 atom stereocenters. The minimum Gasteiger partial charge on any atom is -0.481 e. The van der Waals surface area contributed by atoms with Crippen LogP contribution >= 0.6 is 0 Å². The molecule has 2 N–H and O–H groups in total. The molecule has 7 heteroatoms. The van der Waals surface area contributed by atoms with Crippen molar-refractivity contribution in [3.8, 4) is 11.1 Å². The summed E-state index contributed by atoms with van der Waals surface area (Å²) in [5, 5.41) is 23.9. The number of hydrogen-bond acceptors (Lipinski definition) is 5. The Kier molecular flexibility index (Phi) is 5.70. The summed E-state index contributed by atoms with van der Waals surface area (Å²) in [5.74, 6) is -1.13. The summed E-state index contributed by atoms with van der Waals surface area (Å²) < 4.78 is 0. The molecule has 1 aromatic heterocycles. The Morgan fingerprint density at radius 1 is 1.13 bits per heavy atom. The number of benzene rings is 2. The second kappa shape index (κ2) is 8.57. The van der Waals surface area contributed by atoms with E-state index < -0.39 is 11.9 Å². The number of carboxylic acids is 1. The molecule has 3 aromatic rings. The topological polar surface area (TPSA) is 109 Å². The van der Waals surface area contributed by atoms with Crippen LogP contribution in [0.3, 0.4) is 0 Å². The number of fused-ring (bicyclic) bond motifs is 1. The zero-order valence-corrected chi connectivity index (χ0v) is 16.8. The lowest BCUT2D eigenvalue weighted by Gasteiger charge is -2.21. The Bertz CT molecular complexity index is 1040. The summed E-state index contributed by atoms with van der Waals surface area (Å²) in [6, 6.07) is 14.0. The first-order valence-corrected chi connectivity index (χ1v) is 10.3. The standard InChI is InChI=1S/C23H24N4O3/c1-2-4-19(23(29)30)20(22-24-26-27-25-22)13-14-7-9-15(10-8-14)16-5-3-6-18-17(16)11-12-21(18)28/h3,5-10,19-20H,2,4,11-13H2,1H3,(H,29,30)(H,24,25,26,27)/t19-,20-/m0/s1. The van der Waals surface area contributed by atoms with Crippen molar-refractivity contribution in [1.82, 2.24) is 20.6 Å². The van der Waals surface area contributed by atoms with E-state index in [4.69, 9.17) is 0 Å². The highest BCUT2D eigenvalue weighted by Gasteiger charge is 2.32. The first-order chi connectivity index (χ1) is 14.6. The first-order valence-electron chi connectivity index (χ1n) is 10.3. The van der Waals surface area contributed by atoms with Gasteiger partial charge in [-0.3, -0.25) is 9.59 Å². The average Bonchev–Trinajstić information content (AvgIpc) is 3.41. The molecule has 2 aromatic carbocycles. The number of rotatable bonds is 8. The number of tetrazole rings is 1. The zero-order chi connectivity index (χ0) is 21.1. The minimum absolute atomic E-state index is 0.210. The van der Waals surface area contributed by atoms with Crippen LogP contribution in [0.2, 0.25) is 0 Å². The smallest absolute Gasteiger partial charge is 0.307 e. The van der Waals surface area contributed by atoms with Gasteiger partial charge in [0.15, 0.2) is 11.6 Å². The number of carboxylic acid groups (broad SMARTS) is 1. The largest absolute Gasteiger partial charge is 0.481 e. The summed E-state index contributed by atoms with van der Waals surface area (Å²) in [4.78, 5) is 23.9. The quantitative estimate of drug-likeness (QED) is 0.591. The number of nitrogens with zero attached hydrogens (tertiary/aromatic N) is 3. The number of aliphatic carboxylic acids is 1. The Morgan fingerprint density at radius 2 is 1.90 bits per heavy atom. The van der Waals surface area contributed by atoms with Crippen LogP contribution in [-0.2, 0) is 17.6 Å². The molecule has 30 heavy (non-hydrogen) atoms. The molecule has 1 aliphatic rings. The van der Waals surface area contributed by atoms with Gasteiger partial charge in [0, 0.05) is 17.9 Å². The highest BCUT2D eigenvalue weighted by Crippen LogP contribution is 2.34. The Balaban J connectivity index is 1.61. The van der Waals surface area contributed by atoms with Gasteiger partial charge in [-0.05, 0) is 41.5 Å². The lowest BCUT2D eigenvalue weighted by atomic mass is 9.83. The molecule has 0 bridgehead atoms. The maximum Gasteiger partial charge on any atom is 0.307 e. The number of ketones is 1. The van der Waals surface area contributed by atoms with Gasteiger partial charge in [-0.1, -0.05) is 61.0 Å². The van der Waals surface area contributed by atoms with Crippen molar-refractivity contribution in [2.75, 3.05) is 0 Å². The van der Waals surface area contributed by atoms with Gasteiger partial charge in [0.2, 0.25) is 0 Å². The molecule has 4 rings (SSSR count). The van der Waals surface area contributed by atoms with Crippen molar-refractivity contribution in [3.63, 3.8) is 0 Å². The van der Waals surface area contributed by atoms with E-state index in [1.54, 1.807) is 0 Å². The number of Topliss-reactive ketones (excluding diaryl/α,β-unsaturated/α-hetero) is 1. The van der Waals surface area contributed by atoms with Crippen LogP contribution in [-0.4, -0.2) is 37.5 Å². The van der Waals surface area contributed by atoms with E-state index in [0.29, 0.717) is 25.1 Å². The van der Waals surface area contributed by atoms with Crippen molar-refractivity contribution in [1.29, 1.82) is 0 Å². The Morgan fingerprint density at radius 3 is 2.57 bits per heavy atom. The van der Waals surface area contributed by atoms with Gasteiger partial charge < -0.3 is 5.11 Å². The van der Waals surface area contributed by atoms with E-state index in [-0.39, 0.29) is 11.7 Å². The van der Waals surface area contributed by atoms with Crippen molar-refractivity contribution >= 4 is 11.8 Å². The maximum absolute atomic E-state index is 12.0.